The molecule has 14 nitrogen and oxygen atoms in total. The zero-order valence-electron chi connectivity index (χ0n) is 31.2. The summed E-state index contributed by atoms with van der Waals surface area (Å²) in [4.78, 5) is 67.7. The van der Waals surface area contributed by atoms with Crippen LogP contribution in [0.15, 0.2) is 36.9 Å². The molecule has 3 heterocycles. The fourth-order valence-electron chi connectivity index (χ4n) is 9.34. The monoisotopic (exact) mass is 776 g/mol. The normalized spacial score (nSPS) is 31.9. The summed E-state index contributed by atoms with van der Waals surface area (Å²) >= 11 is 0. The van der Waals surface area contributed by atoms with Crippen LogP contribution in [0.25, 0.3) is 11.0 Å². The number of benzene rings is 1. The van der Waals surface area contributed by atoms with E-state index in [2.05, 4.69) is 21.9 Å². The van der Waals surface area contributed by atoms with Crippen molar-refractivity contribution in [2.75, 3.05) is 6.54 Å². The Kier molecular flexibility index (Phi) is 10.5. The van der Waals surface area contributed by atoms with Gasteiger partial charge in [-0.1, -0.05) is 43.9 Å². The molecule has 8 rings (SSSR count). The number of para-hydroxylation sites is 2. The predicted molar refractivity (Wildman–Crippen MR) is 202 cm³/mol. The number of hydrogen-bond acceptors (Lipinski definition) is 10. The Morgan fingerprint density at radius 3 is 2.35 bits per heavy atom. The number of aryl methyl sites for hydroxylation is 1. The Morgan fingerprint density at radius 1 is 0.909 bits per heavy atom. The van der Waals surface area contributed by atoms with Gasteiger partial charge in [0, 0.05) is 12.3 Å². The minimum absolute atomic E-state index is 0.0235. The van der Waals surface area contributed by atoms with Crippen LogP contribution in [-0.4, -0.2) is 88.7 Å². The molecular weight excluding hydrogens is 725 g/mol. The fourth-order valence-corrected chi connectivity index (χ4v) is 10.7. The predicted octanol–water partition coefficient (Wildman–Crippen LogP) is 4.22. The van der Waals surface area contributed by atoms with Gasteiger partial charge in [-0.25, -0.2) is 23.2 Å². The van der Waals surface area contributed by atoms with Gasteiger partial charge in [-0.15, -0.1) is 6.58 Å². The molecule has 0 unspecified atom stereocenters. The highest BCUT2D eigenvalue weighted by Crippen LogP contribution is 2.46. The molecule has 15 heteroatoms. The van der Waals surface area contributed by atoms with Crippen LogP contribution in [0.3, 0.4) is 0 Å². The SMILES string of the molecule is C=C[C@@H]1C[C@]1(NC(=O)[C@@H]1C[C@@H]2CN1C(=O)[C@H](C1CCCC1)NC(=O)O[C@H]1CCC[C@@H]1CCCCCc1nc3ccccc3nc1O2)C(=O)NS(=O)(=O)C1CC1. The lowest BCUT2D eigenvalue weighted by molar-refractivity contribution is -0.142. The summed E-state index contributed by atoms with van der Waals surface area (Å²) in [6.45, 7) is 3.84. The van der Waals surface area contributed by atoms with E-state index >= 15 is 0 Å². The van der Waals surface area contributed by atoms with E-state index in [1.54, 1.807) is 0 Å². The summed E-state index contributed by atoms with van der Waals surface area (Å²) < 4.78 is 40.4. The number of nitrogens with one attached hydrogen (secondary N) is 3. The second kappa shape index (κ2) is 15.3. The van der Waals surface area contributed by atoms with Crippen LogP contribution in [0.1, 0.15) is 102 Å². The van der Waals surface area contributed by atoms with E-state index in [4.69, 9.17) is 19.4 Å². The average Bonchev–Trinajstić information content (AvgIpc) is 3.95. The quantitative estimate of drug-likeness (QED) is 0.344. The fraction of sp³-hybridized carbons (Fsp3) is 0.650. The van der Waals surface area contributed by atoms with Gasteiger partial charge in [-0.2, -0.15) is 0 Å². The zero-order valence-corrected chi connectivity index (χ0v) is 32.1. The third-order valence-corrected chi connectivity index (χ3v) is 14.5. The Morgan fingerprint density at radius 2 is 1.62 bits per heavy atom. The van der Waals surface area contributed by atoms with Gasteiger partial charge >= 0.3 is 6.09 Å². The summed E-state index contributed by atoms with van der Waals surface area (Å²) in [5.41, 5.74) is 0.603. The lowest BCUT2D eigenvalue weighted by Gasteiger charge is -2.32. The zero-order chi connectivity index (χ0) is 38.3. The van der Waals surface area contributed by atoms with Crippen molar-refractivity contribution in [2.24, 2.45) is 17.8 Å². The molecule has 2 aliphatic heterocycles. The average molecular weight is 777 g/mol. The van der Waals surface area contributed by atoms with E-state index in [1.807, 2.05) is 24.3 Å². The topological polar surface area (TPSA) is 186 Å². The Bertz CT molecular complexity index is 1950. The number of rotatable bonds is 7. The van der Waals surface area contributed by atoms with Crippen molar-refractivity contribution in [2.45, 2.75) is 138 Å². The van der Waals surface area contributed by atoms with Gasteiger partial charge in [0.25, 0.3) is 5.91 Å². The first-order valence-electron chi connectivity index (χ1n) is 20.2. The lowest BCUT2D eigenvalue weighted by Crippen LogP contribution is -2.59. The van der Waals surface area contributed by atoms with E-state index in [9.17, 15) is 27.6 Å². The number of nitrogens with zero attached hydrogens (tertiary/aromatic N) is 3. The number of amides is 4. The molecule has 3 N–H and O–H groups in total. The van der Waals surface area contributed by atoms with Crippen molar-refractivity contribution in [1.82, 2.24) is 30.2 Å². The van der Waals surface area contributed by atoms with Gasteiger partial charge in [-0.05, 0) is 94.6 Å². The third kappa shape index (κ3) is 7.90. The second-order valence-corrected chi connectivity index (χ2v) is 18.5. The van der Waals surface area contributed by atoms with E-state index < -0.39 is 68.7 Å². The number of alkyl carbamates (subject to hydrolysis) is 1. The molecule has 1 saturated heterocycles. The number of carbonyl (C=O) groups is 4. The van der Waals surface area contributed by atoms with Crippen LogP contribution >= 0.6 is 0 Å². The summed E-state index contributed by atoms with van der Waals surface area (Å²) in [7, 11) is -3.89. The highest BCUT2D eigenvalue weighted by Gasteiger charge is 2.62. The van der Waals surface area contributed by atoms with Crippen LogP contribution in [0.5, 0.6) is 5.88 Å². The van der Waals surface area contributed by atoms with Gasteiger partial charge in [0.2, 0.25) is 27.7 Å². The number of ether oxygens (including phenoxy) is 2. The van der Waals surface area contributed by atoms with Crippen molar-refractivity contribution in [1.29, 1.82) is 0 Å². The van der Waals surface area contributed by atoms with Gasteiger partial charge in [-0.3, -0.25) is 19.1 Å². The largest absolute Gasteiger partial charge is 0.471 e. The van der Waals surface area contributed by atoms with Gasteiger partial charge < -0.3 is 25.0 Å². The highest BCUT2D eigenvalue weighted by molar-refractivity contribution is 7.91. The van der Waals surface area contributed by atoms with Gasteiger partial charge in [0.1, 0.15) is 35.5 Å². The molecular formula is C40H52N6O8S. The van der Waals surface area contributed by atoms with Crippen LogP contribution in [0.2, 0.25) is 0 Å². The first kappa shape index (κ1) is 37.6. The van der Waals surface area contributed by atoms with Crippen LogP contribution in [0.4, 0.5) is 4.79 Å². The minimum Gasteiger partial charge on any atom is -0.471 e. The first-order chi connectivity index (χ1) is 26.5. The van der Waals surface area contributed by atoms with E-state index in [0.717, 1.165) is 76.1 Å². The maximum absolute atomic E-state index is 14.8. The minimum atomic E-state index is -3.89. The molecule has 2 bridgehead atoms. The second-order valence-electron chi connectivity index (χ2n) is 16.5. The van der Waals surface area contributed by atoms with Crippen molar-refractivity contribution in [3.05, 3.63) is 42.6 Å². The highest BCUT2D eigenvalue weighted by atomic mass is 32.2. The van der Waals surface area contributed by atoms with Crippen molar-refractivity contribution in [3.63, 3.8) is 0 Å². The number of carbonyl (C=O) groups excluding carboxylic acids is 4. The van der Waals surface area contributed by atoms with Crippen molar-refractivity contribution >= 4 is 44.9 Å². The molecule has 1 aromatic carbocycles. The van der Waals surface area contributed by atoms with Crippen molar-refractivity contribution < 1.29 is 37.1 Å². The standard InChI is InChI=1S/C40H52N6O8S/c1-2-26-22-40(26,38(49)45-55(51,52)28-19-20-28)44-35(47)32-21-27-23-46(32)37(48)34(25-12-6-7-13-25)43-39(50)54-33-18-10-14-24(33)11-4-3-5-17-31-36(53-27)42-30-16-9-8-15-29(30)41-31/h2,8-9,15-16,24-28,32-34H,1,3-7,10-14,17-23H2,(H,43,50)(H,44,47)(H,45,49)/t24-,26+,27+,32-,33-,34-,40+/m0/s1. The van der Waals surface area contributed by atoms with E-state index in [0.29, 0.717) is 36.4 Å². The molecule has 5 fully saturated rings. The number of sulfonamides is 1. The molecule has 55 heavy (non-hydrogen) atoms. The van der Waals surface area contributed by atoms with Crippen molar-refractivity contribution in [3.8, 4) is 5.88 Å². The van der Waals surface area contributed by atoms with Crippen LogP contribution < -0.4 is 20.1 Å². The summed E-state index contributed by atoms with van der Waals surface area (Å²) in [6.07, 6.45) is 11.7. The maximum Gasteiger partial charge on any atom is 0.408 e. The molecule has 6 aliphatic rings. The van der Waals surface area contributed by atoms with Crippen LogP contribution in [0, 0.1) is 17.8 Å². The summed E-state index contributed by atoms with van der Waals surface area (Å²) in [5, 5.41) is 5.18. The molecule has 4 aliphatic carbocycles. The van der Waals surface area contributed by atoms with Crippen LogP contribution in [-0.2, 0) is 35.6 Å². The third-order valence-electron chi connectivity index (χ3n) is 12.7. The molecule has 1 aromatic heterocycles. The van der Waals surface area contributed by atoms with E-state index in [1.165, 1.54) is 11.0 Å². The molecule has 2 aromatic rings. The molecule has 4 amide bonds. The van der Waals surface area contributed by atoms with E-state index in [-0.39, 0.29) is 37.3 Å². The summed E-state index contributed by atoms with van der Waals surface area (Å²) in [5.74, 6) is -1.88. The Hall–Kier alpha value is -4.27. The molecule has 0 spiro atoms. The smallest absolute Gasteiger partial charge is 0.408 e. The van der Waals surface area contributed by atoms with Gasteiger partial charge in [0.05, 0.1) is 22.8 Å². The summed E-state index contributed by atoms with van der Waals surface area (Å²) in [6, 6.07) is 5.56. The molecule has 0 radical (unpaired) electrons. The number of aromatic nitrogens is 2. The molecule has 4 saturated carbocycles. The number of fused-ring (bicyclic) bond motifs is 5. The lowest BCUT2D eigenvalue weighted by atomic mass is 9.96. The molecule has 7 atom stereocenters. The first-order valence-corrected chi connectivity index (χ1v) is 21.8. The van der Waals surface area contributed by atoms with Gasteiger partial charge in [0.15, 0.2) is 0 Å². The Balaban J connectivity index is 1.12. The maximum atomic E-state index is 14.8. The molecule has 296 valence electrons. The number of hydrogen-bond donors (Lipinski definition) is 3. The Labute approximate surface area is 322 Å².